The zero-order valence-corrected chi connectivity index (χ0v) is 15.2. The van der Waals surface area contributed by atoms with E-state index < -0.39 is 11.5 Å². The molecule has 0 aliphatic heterocycles. The summed E-state index contributed by atoms with van der Waals surface area (Å²) in [5.74, 6) is 0.496. The Hall–Kier alpha value is -3.31. The number of rotatable bonds is 6. The van der Waals surface area contributed by atoms with Crippen molar-refractivity contribution in [3.8, 4) is 11.5 Å². The van der Waals surface area contributed by atoms with E-state index in [0.29, 0.717) is 28.3 Å². The van der Waals surface area contributed by atoms with E-state index in [1.807, 2.05) is 12.1 Å². The zero-order valence-electron chi connectivity index (χ0n) is 15.2. The third-order valence-electron chi connectivity index (χ3n) is 4.32. The Labute approximate surface area is 158 Å². The predicted octanol–water partition coefficient (Wildman–Crippen LogP) is 3.58. The Morgan fingerprint density at radius 3 is 1.67 bits per heavy atom. The highest BCUT2D eigenvalue weighted by Gasteiger charge is 2.40. The summed E-state index contributed by atoms with van der Waals surface area (Å²) in [6, 6.07) is 22.7. The van der Waals surface area contributed by atoms with Gasteiger partial charge < -0.3 is 19.9 Å². The summed E-state index contributed by atoms with van der Waals surface area (Å²) in [6.07, 6.45) is 0. The fourth-order valence-electron chi connectivity index (χ4n) is 2.89. The number of carbonyl (C=O) groups is 1. The van der Waals surface area contributed by atoms with Crippen LogP contribution in [0.5, 0.6) is 11.5 Å². The van der Waals surface area contributed by atoms with Crippen LogP contribution in [0.3, 0.4) is 0 Å². The molecule has 0 fully saturated rings. The molecular formula is C22H21NO4. The van der Waals surface area contributed by atoms with Crippen LogP contribution >= 0.6 is 0 Å². The van der Waals surface area contributed by atoms with Gasteiger partial charge in [0, 0.05) is 23.9 Å². The number of carbonyl (C=O) groups excluding carboxylic acids is 1. The van der Waals surface area contributed by atoms with Crippen LogP contribution in [0.25, 0.3) is 0 Å². The number of hydrogen-bond acceptors (Lipinski definition) is 4. The summed E-state index contributed by atoms with van der Waals surface area (Å²) in [7, 11) is 3.06. The van der Waals surface area contributed by atoms with Crippen molar-refractivity contribution in [1.29, 1.82) is 0 Å². The SMILES string of the molecule is COc1cc(NC(=O)C(O)(c2ccccc2)c2ccccc2)cc(OC)c1. The summed E-state index contributed by atoms with van der Waals surface area (Å²) in [6.45, 7) is 0. The van der Waals surface area contributed by atoms with Crippen molar-refractivity contribution in [2.75, 3.05) is 19.5 Å². The minimum Gasteiger partial charge on any atom is -0.497 e. The highest BCUT2D eigenvalue weighted by Crippen LogP contribution is 2.32. The van der Waals surface area contributed by atoms with Gasteiger partial charge in [-0.25, -0.2) is 0 Å². The molecule has 0 aromatic heterocycles. The molecule has 0 atom stereocenters. The number of hydrogen-bond donors (Lipinski definition) is 2. The molecule has 0 unspecified atom stereocenters. The van der Waals surface area contributed by atoms with Crippen molar-refractivity contribution in [2.24, 2.45) is 0 Å². The third-order valence-corrected chi connectivity index (χ3v) is 4.32. The fraction of sp³-hybridized carbons (Fsp3) is 0.136. The van der Waals surface area contributed by atoms with Crippen molar-refractivity contribution in [3.63, 3.8) is 0 Å². The van der Waals surface area contributed by atoms with Crippen LogP contribution in [0.1, 0.15) is 11.1 Å². The lowest BCUT2D eigenvalue weighted by atomic mass is 9.85. The van der Waals surface area contributed by atoms with Crippen LogP contribution in [0.2, 0.25) is 0 Å². The molecule has 2 N–H and O–H groups in total. The van der Waals surface area contributed by atoms with E-state index in [1.165, 1.54) is 14.2 Å². The Morgan fingerprint density at radius 2 is 1.26 bits per heavy atom. The maximum Gasteiger partial charge on any atom is 0.265 e. The molecule has 3 aromatic carbocycles. The molecule has 3 rings (SSSR count). The fourth-order valence-corrected chi connectivity index (χ4v) is 2.89. The van der Waals surface area contributed by atoms with Crippen molar-refractivity contribution in [1.82, 2.24) is 0 Å². The van der Waals surface area contributed by atoms with E-state index in [1.54, 1.807) is 66.7 Å². The van der Waals surface area contributed by atoms with E-state index in [2.05, 4.69) is 5.32 Å². The molecule has 0 radical (unpaired) electrons. The molecule has 0 aliphatic rings. The summed E-state index contributed by atoms with van der Waals surface area (Å²) in [5, 5.41) is 14.2. The number of methoxy groups -OCH3 is 2. The Morgan fingerprint density at radius 1 is 0.815 bits per heavy atom. The van der Waals surface area contributed by atoms with Crippen molar-refractivity contribution in [3.05, 3.63) is 90.0 Å². The van der Waals surface area contributed by atoms with Gasteiger partial charge in [0.05, 0.1) is 14.2 Å². The average molecular weight is 363 g/mol. The lowest BCUT2D eigenvalue weighted by molar-refractivity contribution is -0.131. The second-order valence-electron chi connectivity index (χ2n) is 6.00. The van der Waals surface area contributed by atoms with E-state index in [0.717, 1.165) is 0 Å². The second-order valence-corrected chi connectivity index (χ2v) is 6.00. The topological polar surface area (TPSA) is 67.8 Å². The standard InChI is InChI=1S/C22H21NO4/c1-26-19-13-18(14-20(15-19)27-2)23-21(24)22(25,16-9-5-3-6-10-16)17-11-7-4-8-12-17/h3-15,25H,1-2H3,(H,23,24). The molecule has 0 saturated heterocycles. The van der Waals surface area contributed by atoms with Crippen LogP contribution in [-0.4, -0.2) is 25.2 Å². The van der Waals surface area contributed by atoms with E-state index in [-0.39, 0.29) is 0 Å². The molecule has 0 bridgehead atoms. The first kappa shape index (κ1) is 18.5. The molecule has 0 saturated carbocycles. The lowest BCUT2D eigenvalue weighted by Crippen LogP contribution is -2.41. The van der Waals surface area contributed by atoms with E-state index >= 15 is 0 Å². The van der Waals surface area contributed by atoms with E-state index in [9.17, 15) is 9.90 Å². The van der Waals surface area contributed by atoms with Gasteiger partial charge in [-0.15, -0.1) is 0 Å². The van der Waals surface area contributed by atoms with Crippen LogP contribution in [-0.2, 0) is 10.4 Å². The molecule has 5 nitrogen and oxygen atoms in total. The van der Waals surface area contributed by atoms with Crippen LogP contribution in [0.15, 0.2) is 78.9 Å². The lowest BCUT2D eigenvalue weighted by Gasteiger charge is -2.28. The number of ether oxygens (including phenoxy) is 2. The van der Waals surface area contributed by atoms with Gasteiger partial charge >= 0.3 is 0 Å². The van der Waals surface area contributed by atoms with Gasteiger partial charge in [0.1, 0.15) is 11.5 Å². The van der Waals surface area contributed by atoms with Gasteiger partial charge in [0.2, 0.25) is 0 Å². The number of amides is 1. The van der Waals surface area contributed by atoms with Crippen molar-refractivity contribution < 1.29 is 19.4 Å². The van der Waals surface area contributed by atoms with Gasteiger partial charge in [0.25, 0.3) is 5.91 Å². The summed E-state index contributed by atoms with van der Waals surface area (Å²) < 4.78 is 10.5. The Balaban J connectivity index is 2.03. The first-order valence-electron chi connectivity index (χ1n) is 8.46. The Kier molecular flexibility index (Phi) is 5.43. The highest BCUT2D eigenvalue weighted by atomic mass is 16.5. The molecule has 3 aromatic rings. The molecular weight excluding hydrogens is 342 g/mol. The highest BCUT2D eigenvalue weighted by molar-refractivity contribution is 6.00. The van der Waals surface area contributed by atoms with Crippen LogP contribution in [0, 0.1) is 0 Å². The smallest absolute Gasteiger partial charge is 0.265 e. The first-order chi connectivity index (χ1) is 13.1. The van der Waals surface area contributed by atoms with Crippen molar-refractivity contribution in [2.45, 2.75) is 5.60 Å². The summed E-state index contributed by atoms with van der Waals surface area (Å²) in [4.78, 5) is 13.2. The molecule has 0 heterocycles. The minimum atomic E-state index is -1.85. The van der Waals surface area contributed by atoms with E-state index in [4.69, 9.17) is 9.47 Å². The molecule has 0 spiro atoms. The molecule has 138 valence electrons. The molecule has 0 aliphatic carbocycles. The number of benzene rings is 3. The molecule has 27 heavy (non-hydrogen) atoms. The summed E-state index contributed by atoms with van der Waals surface area (Å²) in [5.41, 5.74) is -0.438. The number of anilines is 1. The zero-order chi connectivity index (χ0) is 19.3. The maximum absolute atomic E-state index is 13.2. The quantitative estimate of drug-likeness (QED) is 0.702. The van der Waals surface area contributed by atoms with Crippen LogP contribution in [0.4, 0.5) is 5.69 Å². The molecule has 5 heteroatoms. The van der Waals surface area contributed by atoms with Gasteiger partial charge in [-0.2, -0.15) is 0 Å². The number of nitrogens with one attached hydrogen (secondary N) is 1. The number of aliphatic hydroxyl groups is 1. The van der Waals surface area contributed by atoms with Crippen LogP contribution < -0.4 is 14.8 Å². The second kappa shape index (κ2) is 7.93. The first-order valence-corrected chi connectivity index (χ1v) is 8.46. The minimum absolute atomic E-state index is 0.460. The normalized spacial score (nSPS) is 10.9. The largest absolute Gasteiger partial charge is 0.497 e. The van der Waals surface area contributed by atoms with Gasteiger partial charge in [-0.3, -0.25) is 4.79 Å². The summed E-state index contributed by atoms with van der Waals surface area (Å²) >= 11 is 0. The van der Waals surface area contributed by atoms with Gasteiger partial charge in [0.15, 0.2) is 5.60 Å². The molecule has 1 amide bonds. The average Bonchev–Trinajstić information content (AvgIpc) is 2.74. The van der Waals surface area contributed by atoms with Gasteiger partial charge in [-0.05, 0) is 11.1 Å². The maximum atomic E-state index is 13.2. The van der Waals surface area contributed by atoms with Crippen molar-refractivity contribution >= 4 is 11.6 Å². The predicted molar refractivity (Wildman–Crippen MR) is 104 cm³/mol. The monoisotopic (exact) mass is 363 g/mol. The van der Waals surface area contributed by atoms with Gasteiger partial charge in [-0.1, -0.05) is 60.7 Å². The third kappa shape index (κ3) is 3.78. The Bertz CT molecular complexity index is 848.